The molecule has 2 aromatic heterocycles. The van der Waals surface area contributed by atoms with Crippen LogP contribution in [0.4, 0.5) is 10.8 Å². The minimum atomic E-state index is -0.197. The molecule has 0 unspecified atom stereocenters. The Labute approximate surface area is 213 Å². The highest BCUT2D eigenvalue weighted by atomic mass is 32.1. The Bertz CT molecular complexity index is 1450. The van der Waals surface area contributed by atoms with Crippen molar-refractivity contribution in [2.45, 2.75) is 52.0 Å². The van der Waals surface area contributed by atoms with Gasteiger partial charge >= 0.3 is 0 Å². The summed E-state index contributed by atoms with van der Waals surface area (Å²) in [5, 5.41) is 11.7. The van der Waals surface area contributed by atoms with Gasteiger partial charge in [-0.3, -0.25) is 9.59 Å². The lowest BCUT2D eigenvalue weighted by atomic mass is 9.88. The summed E-state index contributed by atoms with van der Waals surface area (Å²) in [6, 6.07) is 13.8. The average molecular weight is 501 g/mol. The average Bonchev–Trinajstić information content (AvgIpc) is 3.60. The van der Waals surface area contributed by atoms with E-state index >= 15 is 0 Å². The van der Waals surface area contributed by atoms with Crippen LogP contribution in [0.25, 0.3) is 22.3 Å². The molecular weight excluding hydrogens is 472 g/mol. The molecule has 2 aliphatic rings. The Morgan fingerprint density at radius 3 is 2.81 bits per heavy atom. The highest BCUT2D eigenvalue weighted by molar-refractivity contribution is 7.16. The monoisotopic (exact) mass is 500 g/mol. The number of thiazole rings is 1. The third-order valence-corrected chi connectivity index (χ3v) is 8.11. The number of fused-ring (bicyclic) bond motifs is 2. The van der Waals surface area contributed by atoms with Gasteiger partial charge in [-0.25, -0.2) is 9.67 Å². The highest BCUT2D eigenvalue weighted by Crippen LogP contribution is 2.37. The predicted octanol–water partition coefficient (Wildman–Crippen LogP) is 4.97. The van der Waals surface area contributed by atoms with Gasteiger partial charge in [0, 0.05) is 28.6 Å². The van der Waals surface area contributed by atoms with Crippen LogP contribution in [0.3, 0.4) is 0 Å². The zero-order chi connectivity index (χ0) is 24.6. The lowest BCUT2D eigenvalue weighted by Crippen LogP contribution is -2.35. The first-order valence-corrected chi connectivity index (χ1v) is 13.4. The first kappa shape index (κ1) is 22.8. The Morgan fingerprint density at radius 1 is 1.11 bits per heavy atom. The highest BCUT2D eigenvalue weighted by Gasteiger charge is 2.31. The Kier molecular flexibility index (Phi) is 6.00. The number of benzene rings is 2. The number of carbonyl (C=O) groups excluding carboxylic acids is 2. The number of hydrogen-bond donors (Lipinski definition) is 1. The van der Waals surface area contributed by atoms with Crippen molar-refractivity contribution in [3.8, 4) is 11.3 Å². The summed E-state index contributed by atoms with van der Waals surface area (Å²) in [6.45, 7) is 2.83. The molecule has 0 radical (unpaired) electrons. The van der Waals surface area contributed by atoms with Gasteiger partial charge in [0.25, 0.3) is 0 Å². The van der Waals surface area contributed by atoms with Gasteiger partial charge in [-0.2, -0.15) is 0 Å². The molecule has 36 heavy (non-hydrogen) atoms. The Morgan fingerprint density at radius 2 is 1.94 bits per heavy atom. The zero-order valence-corrected chi connectivity index (χ0v) is 21.1. The molecule has 0 bridgehead atoms. The van der Waals surface area contributed by atoms with E-state index in [0.717, 1.165) is 71.5 Å². The van der Waals surface area contributed by atoms with Gasteiger partial charge in [-0.05, 0) is 56.0 Å². The van der Waals surface area contributed by atoms with Crippen molar-refractivity contribution in [2.75, 3.05) is 16.8 Å². The van der Waals surface area contributed by atoms with Crippen LogP contribution < -0.4 is 10.2 Å². The fourth-order valence-electron chi connectivity index (χ4n) is 5.39. The van der Waals surface area contributed by atoms with Crippen molar-refractivity contribution in [3.63, 3.8) is 0 Å². The number of amides is 2. The fourth-order valence-corrected chi connectivity index (χ4v) is 6.25. The number of carbonyl (C=O) groups is 2. The lowest BCUT2D eigenvalue weighted by molar-refractivity contribution is -0.123. The summed E-state index contributed by atoms with van der Waals surface area (Å²) in [7, 11) is 0. The molecule has 3 heterocycles. The van der Waals surface area contributed by atoms with Crippen LogP contribution in [0.5, 0.6) is 0 Å². The maximum atomic E-state index is 13.1. The van der Waals surface area contributed by atoms with Crippen LogP contribution in [-0.4, -0.2) is 38.3 Å². The molecule has 0 spiro atoms. The first-order chi connectivity index (χ1) is 17.6. The van der Waals surface area contributed by atoms with Crippen molar-refractivity contribution < 1.29 is 9.59 Å². The minimum absolute atomic E-state index is 0.0676. The number of aromatic nitrogens is 4. The molecule has 2 amide bonds. The van der Waals surface area contributed by atoms with Crippen LogP contribution in [-0.2, 0) is 22.6 Å². The third-order valence-electron chi connectivity index (χ3n) is 7.23. The SMILES string of the molecule is Cc1sc(NC(=O)Cn2nnc3ccccc32)nc1-c1ccc2c(c1)CCN2C(=O)C1CCCCC1. The summed E-state index contributed by atoms with van der Waals surface area (Å²) in [6.07, 6.45) is 6.46. The fraction of sp³-hybridized carbons (Fsp3) is 0.370. The summed E-state index contributed by atoms with van der Waals surface area (Å²) < 4.78 is 1.59. The molecule has 0 saturated heterocycles. The molecule has 184 valence electrons. The van der Waals surface area contributed by atoms with Crippen molar-refractivity contribution in [2.24, 2.45) is 5.92 Å². The van der Waals surface area contributed by atoms with Crippen LogP contribution in [0, 0.1) is 12.8 Å². The first-order valence-electron chi connectivity index (χ1n) is 12.6. The quantitative estimate of drug-likeness (QED) is 0.418. The predicted molar refractivity (Wildman–Crippen MR) is 141 cm³/mol. The molecule has 1 N–H and O–H groups in total. The molecule has 4 aromatic rings. The number of rotatable bonds is 5. The van der Waals surface area contributed by atoms with Crippen LogP contribution >= 0.6 is 11.3 Å². The maximum absolute atomic E-state index is 13.1. The molecule has 1 aliphatic heterocycles. The maximum Gasteiger partial charge on any atom is 0.247 e. The number of nitrogens with one attached hydrogen (secondary N) is 1. The molecule has 9 heteroatoms. The van der Waals surface area contributed by atoms with Gasteiger partial charge in [0.05, 0.1) is 11.2 Å². The number of hydrogen-bond acceptors (Lipinski definition) is 6. The number of anilines is 2. The van der Waals surface area contributed by atoms with E-state index in [1.54, 1.807) is 4.68 Å². The van der Waals surface area contributed by atoms with Gasteiger partial charge in [0.2, 0.25) is 11.8 Å². The number of nitrogens with zero attached hydrogens (tertiary/aromatic N) is 5. The summed E-state index contributed by atoms with van der Waals surface area (Å²) in [4.78, 5) is 33.6. The number of aryl methyl sites for hydroxylation is 1. The molecule has 1 fully saturated rings. The van der Waals surface area contributed by atoms with Crippen molar-refractivity contribution >= 4 is 45.0 Å². The normalized spacial score (nSPS) is 15.9. The smallest absolute Gasteiger partial charge is 0.247 e. The van der Waals surface area contributed by atoms with Gasteiger partial charge < -0.3 is 10.2 Å². The Balaban J connectivity index is 1.17. The van der Waals surface area contributed by atoms with Crippen molar-refractivity contribution in [3.05, 3.63) is 52.9 Å². The summed E-state index contributed by atoms with van der Waals surface area (Å²) in [5.74, 6) is 0.264. The second kappa shape index (κ2) is 9.46. The van der Waals surface area contributed by atoms with E-state index in [9.17, 15) is 9.59 Å². The third kappa shape index (κ3) is 4.28. The lowest BCUT2D eigenvalue weighted by Gasteiger charge is -2.26. The molecule has 2 aromatic carbocycles. The summed E-state index contributed by atoms with van der Waals surface area (Å²) in [5.41, 5.74) is 5.67. The van der Waals surface area contributed by atoms with Gasteiger partial charge in [-0.15, -0.1) is 16.4 Å². The van der Waals surface area contributed by atoms with E-state index in [4.69, 9.17) is 4.98 Å². The number of para-hydroxylation sites is 1. The zero-order valence-electron chi connectivity index (χ0n) is 20.2. The van der Waals surface area contributed by atoms with E-state index in [-0.39, 0.29) is 24.3 Å². The van der Waals surface area contributed by atoms with Gasteiger partial charge in [-0.1, -0.05) is 42.7 Å². The molecule has 6 rings (SSSR count). The van der Waals surface area contributed by atoms with E-state index in [2.05, 4.69) is 27.8 Å². The standard InChI is InChI=1S/C27H28N6O2S/c1-17-25(29-27(36-17)28-24(34)16-33-23-10-6-5-9-21(23)30-31-33)20-11-12-22-19(15-20)13-14-32(22)26(35)18-7-3-2-4-8-18/h5-6,9-12,15,18H,2-4,7-8,13-14,16H2,1H3,(H,28,29,34). The molecule has 8 nitrogen and oxygen atoms in total. The van der Waals surface area contributed by atoms with Crippen LogP contribution in [0.1, 0.15) is 42.5 Å². The van der Waals surface area contributed by atoms with Crippen molar-refractivity contribution in [1.29, 1.82) is 0 Å². The second-order valence-corrected chi connectivity index (χ2v) is 10.8. The van der Waals surface area contributed by atoms with Gasteiger partial charge in [0.1, 0.15) is 12.1 Å². The second-order valence-electron chi connectivity index (χ2n) is 9.63. The van der Waals surface area contributed by atoms with E-state index in [1.165, 1.54) is 23.3 Å². The van der Waals surface area contributed by atoms with E-state index < -0.39 is 0 Å². The Hall–Kier alpha value is -3.59. The van der Waals surface area contributed by atoms with Crippen molar-refractivity contribution in [1.82, 2.24) is 20.0 Å². The van der Waals surface area contributed by atoms with Crippen LogP contribution in [0.2, 0.25) is 0 Å². The molecular formula is C27H28N6O2S. The topological polar surface area (TPSA) is 93.0 Å². The minimum Gasteiger partial charge on any atom is -0.312 e. The van der Waals surface area contributed by atoms with E-state index in [0.29, 0.717) is 5.13 Å². The van der Waals surface area contributed by atoms with Gasteiger partial charge in [0.15, 0.2) is 5.13 Å². The van der Waals surface area contributed by atoms with E-state index in [1.807, 2.05) is 42.2 Å². The van der Waals surface area contributed by atoms with Crippen LogP contribution in [0.15, 0.2) is 42.5 Å². The summed E-state index contributed by atoms with van der Waals surface area (Å²) >= 11 is 1.46. The largest absolute Gasteiger partial charge is 0.312 e. The molecule has 0 atom stereocenters. The molecule has 1 aliphatic carbocycles. The molecule has 1 saturated carbocycles.